The Morgan fingerprint density at radius 1 is 0.459 bits per heavy atom. The Labute approximate surface area is 461 Å². The van der Waals surface area contributed by atoms with E-state index < -0.39 is 26.6 Å². The van der Waals surface area contributed by atoms with E-state index >= 15 is 0 Å². The van der Waals surface area contributed by atoms with Crippen molar-refractivity contribution in [2.24, 2.45) is 0 Å². The lowest BCUT2D eigenvalue weighted by molar-refractivity contribution is -0.870. The zero-order valence-corrected chi connectivity index (χ0v) is 51.0. The number of rotatable bonds is 60. The van der Waals surface area contributed by atoms with Crippen LogP contribution in [-0.2, 0) is 18.4 Å². The first-order valence-corrected chi connectivity index (χ1v) is 33.8. The van der Waals surface area contributed by atoms with Crippen LogP contribution in [0.3, 0.4) is 0 Å². The number of hydrogen-bond donors (Lipinski definition) is 2. The maximum atomic E-state index is 13.0. The molecule has 3 unspecified atom stereocenters. The Morgan fingerprint density at radius 3 is 1.09 bits per heavy atom. The van der Waals surface area contributed by atoms with Crippen LogP contribution in [0.5, 0.6) is 0 Å². The predicted molar refractivity (Wildman–Crippen MR) is 321 cm³/mol. The lowest BCUT2D eigenvalue weighted by atomic mass is 10.0. The highest BCUT2D eigenvalue weighted by molar-refractivity contribution is 7.45. The number of aliphatic hydroxyl groups excluding tert-OH is 1. The second kappa shape index (κ2) is 56.4. The molecule has 0 rings (SSSR count). The molecule has 0 spiro atoms. The third-order valence-corrected chi connectivity index (χ3v) is 15.8. The van der Waals surface area contributed by atoms with Gasteiger partial charge in [0.15, 0.2) is 0 Å². The number of amides is 1. The molecular weight excluding hydrogens is 936 g/mol. The summed E-state index contributed by atoms with van der Waals surface area (Å²) < 4.78 is 23.4. The Hall–Kier alpha value is -1.28. The highest BCUT2D eigenvalue weighted by atomic mass is 31.2. The second-order valence-corrected chi connectivity index (χ2v) is 24.9. The summed E-state index contributed by atoms with van der Waals surface area (Å²) in [5, 5.41) is 13.9. The number of quaternary nitrogens is 1. The summed E-state index contributed by atoms with van der Waals surface area (Å²) in [5.41, 5.74) is 0. The van der Waals surface area contributed by atoms with Gasteiger partial charge in [-0.1, -0.05) is 307 Å². The molecule has 0 heterocycles. The van der Waals surface area contributed by atoms with Gasteiger partial charge in [-0.05, 0) is 44.9 Å². The van der Waals surface area contributed by atoms with Crippen LogP contribution in [0, 0.1) is 0 Å². The van der Waals surface area contributed by atoms with Crippen LogP contribution in [0.25, 0.3) is 0 Å². The van der Waals surface area contributed by atoms with E-state index in [0.717, 1.165) is 44.9 Å². The number of unbranched alkanes of at least 4 members (excludes halogenated alkanes) is 43. The maximum Gasteiger partial charge on any atom is 0.268 e. The van der Waals surface area contributed by atoms with Gasteiger partial charge in [0.05, 0.1) is 39.9 Å². The smallest absolute Gasteiger partial charge is 0.268 e. The number of aliphatic hydroxyl groups is 1. The summed E-state index contributed by atoms with van der Waals surface area (Å²) in [4.78, 5) is 25.6. The fourth-order valence-corrected chi connectivity index (χ4v) is 10.5. The quantitative estimate of drug-likeness (QED) is 0.0272. The fourth-order valence-electron chi connectivity index (χ4n) is 9.78. The van der Waals surface area contributed by atoms with Crippen LogP contribution >= 0.6 is 7.82 Å². The van der Waals surface area contributed by atoms with Gasteiger partial charge in [0.2, 0.25) is 5.91 Å². The van der Waals surface area contributed by atoms with E-state index in [9.17, 15) is 19.4 Å². The van der Waals surface area contributed by atoms with E-state index in [-0.39, 0.29) is 12.5 Å². The number of allylic oxidation sites excluding steroid dienone is 5. The van der Waals surface area contributed by atoms with Gasteiger partial charge in [-0.2, -0.15) is 0 Å². The van der Waals surface area contributed by atoms with Crippen molar-refractivity contribution >= 4 is 13.7 Å². The lowest BCUT2D eigenvalue weighted by Crippen LogP contribution is -2.45. The van der Waals surface area contributed by atoms with Gasteiger partial charge >= 0.3 is 0 Å². The number of nitrogens with one attached hydrogen (secondary N) is 1. The first kappa shape index (κ1) is 72.7. The van der Waals surface area contributed by atoms with Crippen molar-refractivity contribution in [1.82, 2.24) is 5.32 Å². The molecule has 2 N–H and O–H groups in total. The van der Waals surface area contributed by atoms with Crippen LogP contribution in [0.15, 0.2) is 36.5 Å². The first-order chi connectivity index (χ1) is 36.0. The van der Waals surface area contributed by atoms with E-state index in [2.05, 4.69) is 43.5 Å². The summed E-state index contributed by atoms with van der Waals surface area (Å²) in [7, 11) is 1.25. The summed E-state index contributed by atoms with van der Waals surface area (Å²) in [6, 6.07) is -0.908. The zero-order valence-electron chi connectivity index (χ0n) is 50.1. The minimum atomic E-state index is -4.61. The number of phosphoric ester groups is 1. The Bertz CT molecular complexity index is 1300. The van der Waals surface area contributed by atoms with Gasteiger partial charge in [-0.3, -0.25) is 9.36 Å². The van der Waals surface area contributed by atoms with E-state index in [1.165, 1.54) is 257 Å². The van der Waals surface area contributed by atoms with Gasteiger partial charge in [0, 0.05) is 6.42 Å². The number of phosphoric acid groups is 1. The molecule has 0 aromatic heterocycles. The van der Waals surface area contributed by atoms with Crippen molar-refractivity contribution < 1.29 is 32.9 Å². The van der Waals surface area contributed by atoms with E-state index in [1.807, 2.05) is 27.2 Å². The van der Waals surface area contributed by atoms with Crippen LogP contribution in [0.4, 0.5) is 0 Å². The Balaban J connectivity index is 4.10. The molecule has 74 heavy (non-hydrogen) atoms. The average Bonchev–Trinajstić information content (AvgIpc) is 3.36. The van der Waals surface area contributed by atoms with E-state index in [0.29, 0.717) is 17.4 Å². The molecule has 0 aliphatic carbocycles. The largest absolute Gasteiger partial charge is 0.756 e. The predicted octanol–water partition coefficient (Wildman–Crippen LogP) is 19.5. The molecular formula is C65H127N2O6P. The van der Waals surface area contributed by atoms with Crippen LogP contribution in [-0.4, -0.2) is 68.5 Å². The minimum Gasteiger partial charge on any atom is -0.756 e. The minimum absolute atomic E-state index is 0.00724. The zero-order chi connectivity index (χ0) is 54.2. The third kappa shape index (κ3) is 58.4. The van der Waals surface area contributed by atoms with Crippen molar-refractivity contribution in [1.29, 1.82) is 0 Å². The molecule has 9 heteroatoms. The molecule has 0 aromatic carbocycles. The highest BCUT2D eigenvalue weighted by Gasteiger charge is 2.23. The Morgan fingerprint density at radius 2 is 0.757 bits per heavy atom. The average molecular weight is 1060 g/mol. The molecule has 0 aliphatic rings. The Kier molecular flexibility index (Phi) is 55.5. The number of carbonyl (C=O) groups excluding carboxylic acids is 1. The number of nitrogens with zero attached hydrogens (tertiary/aromatic N) is 1. The molecule has 0 aliphatic heterocycles. The maximum absolute atomic E-state index is 13.0. The van der Waals surface area contributed by atoms with Crippen molar-refractivity contribution in [3.63, 3.8) is 0 Å². The molecule has 0 radical (unpaired) electrons. The standard InChI is InChI=1S/C65H127N2O6P/c1-6-8-10-12-14-16-18-20-22-24-26-28-29-30-31-32-33-34-35-36-37-39-41-43-45-47-49-51-53-55-57-59-65(69)66-63(62-73-74(70,71)72-61-60-67(3,4)5)64(68)58-56-54-52-50-48-46-44-42-40-38-27-25-23-21-19-17-15-13-11-9-7-2/h40,42,48,50,56,58,63-64,68H,6-39,41,43-47,49,51-55,57,59-62H2,1-5H3,(H-,66,69,70,71)/b42-40+,50-48+,58-56+. The van der Waals surface area contributed by atoms with E-state index in [1.54, 1.807) is 6.08 Å². The number of carbonyl (C=O) groups is 1. The molecule has 0 aromatic rings. The molecule has 1 amide bonds. The summed E-state index contributed by atoms with van der Waals surface area (Å²) in [5.74, 6) is -0.205. The SMILES string of the molecule is CCCCCCCCCCCCC/C=C/CC/C=C/CC/C=C/C(O)C(COP(=O)([O-])OCC[N+](C)(C)C)NC(=O)CCCCCCCCCCCCCCCCCCCCCCCCCCCCCCCCC. The van der Waals surface area contributed by atoms with Gasteiger partial charge in [-0.25, -0.2) is 0 Å². The lowest BCUT2D eigenvalue weighted by Gasteiger charge is -2.29. The molecule has 0 fully saturated rings. The molecule has 8 nitrogen and oxygen atoms in total. The molecule has 438 valence electrons. The monoisotopic (exact) mass is 1060 g/mol. The fraction of sp³-hybridized carbons (Fsp3) is 0.892. The number of likely N-dealkylation sites (N-methyl/N-ethyl adjacent to an activating group) is 1. The molecule has 0 saturated heterocycles. The van der Waals surface area contributed by atoms with Gasteiger partial charge in [-0.15, -0.1) is 0 Å². The summed E-state index contributed by atoms with van der Waals surface area (Å²) in [6.07, 6.45) is 74.0. The third-order valence-electron chi connectivity index (χ3n) is 14.8. The van der Waals surface area contributed by atoms with Crippen LogP contribution in [0.1, 0.15) is 322 Å². The highest BCUT2D eigenvalue weighted by Crippen LogP contribution is 2.38. The van der Waals surface area contributed by atoms with Crippen LogP contribution < -0.4 is 10.2 Å². The number of hydrogen-bond acceptors (Lipinski definition) is 6. The van der Waals surface area contributed by atoms with Crippen molar-refractivity contribution in [3.8, 4) is 0 Å². The van der Waals surface area contributed by atoms with Crippen molar-refractivity contribution in [2.45, 2.75) is 334 Å². The molecule has 3 atom stereocenters. The van der Waals surface area contributed by atoms with Crippen LogP contribution in [0.2, 0.25) is 0 Å². The second-order valence-electron chi connectivity index (χ2n) is 23.5. The summed E-state index contributed by atoms with van der Waals surface area (Å²) >= 11 is 0. The van der Waals surface area contributed by atoms with Crippen molar-refractivity contribution in [3.05, 3.63) is 36.5 Å². The molecule has 0 saturated carbocycles. The first-order valence-electron chi connectivity index (χ1n) is 32.4. The normalized spacial score (nSPS) is 14.0. The van der Waals surface area contributed by atoms with Gasteiger partial charge in [0.25, 0.3) is 7.82 Å². The van der Waals surface area contributed by atoms with Crippen molar-refractivity contribution in [2.75, 3.05) is 40.9 Å². The molecule has 0 bridgehead atoms. The summed E-state index contributed by atoms with van der Waals surface area (Å²) in [6.45, 7) is 4.67. The van der Waals surface area contributed by atoms with Gasteiger partial charge < -0.3 is 28.8 Å². The topological polar surface area (TPSA) is 108 Å². The van der Waals surface area contributed by atoms with E-state index in [4.69, 9.17) is 9.05 Å². The van der Waals surface area contributed by atoms with Gasteiger partial charge in [0.1, 0.15) is 13.2 Å².